The van der Waals surface area contributed by atoms with Gasteiger partial charge in [0, 0.05) is 0 Å². The lowest BCUT2D eigenvalue weighted by Gasteiger charge is -2.24. The number of ether oxygens (including phenoxy) is 2. The number of aliphatic hydroxyl groups is 1. The van der Waals surface area contributed by atoms with Gasteiger partial charge in [-0.25, -0.2) is 9.55 Å². The molecule has 2 aromatic heterocycles. The van der Waals surface area contributed by atoms with E-state index in [9.17, 15) is 14.5 Å². The van der Waals surface area contributed by atoms with E-state index in [2.05, 4.69) is 20.0 Å². The first-order valence-electron chi connectivity index (χ1n) is 12.7. The number of nitrogens with one attached hydrogen (secondary N) is 1. The molecule has 0 radical (unpaired) electrons. The second-order valence-electron chi connectivity index (χ2n) is 9.34. The van der Waals surface area contributed by atoms with E-state index in [1.807, 2.05) is 52.9 Å². The molecule has 0 saturated carbocycles. The first-order chi connectivity index (χ1) is 20.1. The second-order valence-corrected chi connectivity index (χ2v) is 12.8. The number of benzene rings is 2. The number of nitrogens with two attached hydrogens (primary N) is 1. The number of carbonyl (C=O) groups is 1. The molecule has 1 fully saturated rings. The van der Waals surface area contributed by atoms with Crippen molar-refractivity contribution < 1.29 is 33.0 Å². The van der Waals surface area contributed by atoms with Crippen LogP contribution in [-0.4, -0.2) is 59.4 Å². The normalized spacial score (nSPS) is 22.5. The number of fused-ring (bicyclic) bond motifs is 1. The summed E-state index contributed by atoms with van der Waals surface area (Å²) in [5.41, 5.74) is 7.38. The lowest BCUT2D eigenvalue weighted by atomic mass is 10.2. The van der Waals surface area contributed by atoms with Crippen LogP contribution in [0.5, 0.6) is 5.75 Å². The lowest BCUT2D eigenvalue weighted by molar-refractivity contribution is -0.146. The van der Waals surface area contributed by atoms with E-state index in [-0.39, 0.29) is 30.1 Å². The first kappa shape index (κ1) is 30.6. The zero-order valence-corrected chi connectivity index (χ0v) is 25.9. The number of esters is 1. The molecule has 5 rings (SSSR count). The number of para-hydroxylation sites is 1. The number of imidazole rings is 1. The van der Waals surface area contributed by atoms with Crippen molar-refractivity contribution in [2.75, 3.05) is 12.3 Å². The van der Waals surface area contributed by atoms with Gasteiger partial charge in [0.05, 0.1) is 23.0 Å². The summed E-state index contributed by atoms with van der Waals surface area (Å²) in [4.78, 5) is 25.1. The number of nitrogens with zero attached hydrogens (tertiary/aromatic N) is 4. The Morgan fingerprint density at radius 3 is 2.62 bits per heavy atom. The molecule has 6 atom stereocenters. The molecule has 1 aliphatic rings. The highest BCUT2D eigenvalue weighted by Crippen LogP contribution is 2.46. The van der Waals surface area contributed by atoms with Crippen LogP contribution in [0.15, 0.2) is 67.0 Å². The maximum atomic E-state index is 13.9. The molecule has 2 aromatic carbocycles. The average Bonchev–Trinajstić information content (AvgIpc) is 3.52. The zero-order valence-electron chi connectivity index (χ0n) is 22.1. The zero-order chi connectivity index (χ0) is 29.9. The lowest BCUT2D eigenvalue weighted by Crippen LogP contribution is -2.36. The van der Waals surface area contributed by atoms with E-state index >= 15 is 0 Å². The number of aromatic nitrogens is 4. The minimum atomic E-state index is -4.20. The fourth-order valence-electron chi connectivity index (χ4n) is 4.19. The molecule has 1 aliphatic heterocycles. The SMILES string of the molecule is C[C@H](NP(=O)(OC[C@H]1O[C@@H](n2cnc3c(N)nc(Cl)nc32)C(I)C1O)Oc1ccccc1)C(=O)OCc1ccccc1. The molecule has 0 amide bonds. The highest BCUT2D eigenvalue weighted by atomic mass is 127. The summed E-state index contributed by atoms with van der Waals surface area (Å²) in [6, 6.07) is 16.5. The van der Waals surface area contributed by atoms with Crippen molar-refractivity contribution in [2.24, 2.45) is 0 Å². The predicted molar refractivity (Wildman–Crippen MR) is 162 cm³/mol. The molecule has 0 bridgehead atoms. The molecular weight excluding hydrogens is 702 g/mol. The molecule has 4 aromatic rings. The number of halogens is 2. The molecule has 16 heteroatoms. The summed E-state index contributed by atoms with van der Waals surface area (Å²) >= 11 is 8.04. The molecule has 0 aliphatic carbocycles. The van der Waals surface area contributed by atoms with Gasteiger partial charge in [0.25, 0.3) is 0 Å². The molecule has 42 heavy (non-hydrogen) atoms. The molecule has 3 heterocycles. The Morgan fingerprint density at radius 2 is 1.90 bits per heavy atom. The molecule has 13 nitrogen and oxygen atoms in total. The standard InChI is InChI=1S/C26H27ClIN6O7P/c1-15(25(36)38-12-16-8-4-2-5-9-16)33-42(37,41-17-10-6-3-7-11-17)39-13-18-21(35)19(28)24(40-18)34-14-30-20-22(29)31-26(27)32-23(20)34/h2-11,14-15,18-19,21,24,35H,12-13H2,1H3,(H,33,37)(H2,29,31,32)/t15-,18+,19?,21?,24+,42?/m0/s1. The number of rotatable bonds is 11. The molecular formula is C26H27ClIN6O7P. The maximum Gasteiger partial charge on any atom is 0.459 e. The second kappa shape index (κ2) is 13.2. The summed E-state index contributed by atoms with van der Waals surface area (Å²) in [7, 11) is -4.20. The Hall–Kier alpha value is -2.85. The van der Waals surface area contributed by atoms with Crippen molar-refractivity contribution in [3.8, 4) is 5.75 Å². The highest BCUT2D eigenvalue weighted by molar-refractivity contribution is 14.1. The minimum absolute atomic E-state index is 0.0433. The molecule has 222 valence electrons. The number of alkyl halides is 1. The van der Waals surface area contributed by atoms with Crippen LogP contribution in [0.3, 0.4) is 0 Å². The van der Waals surface area contributed by atoms with E-state index in [0.717, 1.165) is 5.56 Å². The number of hydrogen-bond acceptors (Lipinski definition) is 11. The van der Waals surface area contributed by atoms with E-state index < -0.39 is 42.1 Å². The number of aliphatic hydroxyl groups excluding tert-OH is 1. The molecule has 3 unspecified atom stereocenters. The summed E-state index contributed by atoms with van der Waals surface area (Å²) in [6.07, 6.45) is -1.25. The number of hydrogen-bond donors (Lipinski definition) is 3. The van der Waals surface area contributed by atoms with Gasteiger partial charge in [0.15, 0.2) is 17.7 Å². The molecule has 1 saturated heterocycles. The maximum absolute atomic E-state index is 13.9. The van der Waals surface area contributed by atoms with Crippen LogP contribution in [0.2, 0.25) is 5.28 Å². The van der Waals surface area contributed by atoms with E-state index in [0.29, 0.717) is 11.2 Å². The fraction of sp³-hybridized carbons (Fsp3) is 0.308. The van der Waals surface area contributed by atoms with Crippen molar-refractivity contribution in [3.63, 3.8) is 0 Å². The van der Waals surface area contributed by atoms with Gasteiger partial charge in [-0.1, -0.05) is 71.1 Å². The number of anilines is 1. The van der Waals surface area contributed by atoms with Gasteiger partial charge in [0.1, 0.15) is 30.0 Å². The molecule has 4 N–H and O–H groups in total. The van der Waals surface area contributed by atoms with Gasteiger partial charge in [-0.05, 0) is 36.2 Å². The predicted octanol–water partition coefficient (Wildman–Crippen LogP) is 4.05. The minimum Gasteiger partial charge on any atom is -0.460 e. The van der Waals surface area contributed by atoms with E-state index in [1.165, 1.54) is 13.3 Å². The van der Waals surface area contributed by atoms with Crippen LogP contribution in [0, 0.1) is 0 Å². The summed E-state index contributed by atoms with van der Waals surface area (Å²) in [5, 5.41) is 13.6. The van der Waals surface area contributed by atoms with Gasteiger partial charge in [0.2, 0.25) is 5.28 Å². The quantitative estimate of drug-likeness (QED) is 0.0666. The third kappa shape index (κ3) is 7.02. The van der Waals surface area contributed by atoms with Crippen molar-refractivity contribution in [2.45, 2.75) is 41.9 Å². The number of nitrogen functional groups attached to an aromatic ring is 1. The Morgan fingerprint density at radius 1 is 1.21 bits per heavy atom. The smallest absolute Gasteiger partial charge is 0.459 e. The topological polar surface area (TPSA) is 173 Å². The van der Waals surface area contributed by atoms with Gasteiger partial charge < -0.3 is 24.8 Å². The van der Waals surface area contributed by atoms with Gasteiger partial charge in [-0.2, -0.15) is 15.1 Å². The van der Waals surface area contributed by atoms with Crippen LogP contribution in [0.25, 0.3) is 11.2 Å². The van der Waals surface area contributed by atoms with Crippen molar-refractivity contribution in [1.29, 1.82) is 0 Å². The van der Waals surface area contributed by atoms with Crippen LogP contribution in [0.1, 0.15) is 18.7 Å². The fourth-order valence-corrected chi connectivity index (χ4v) is 6.84. The summed E-state index contributed by atoms with van der Waals surface area (Å²) in [5.74, 6) is -0.306. The largest absolute Gasteiger partial charge is 0.460 e. The average molecular weight is 729 g/mol. The molecule has 0 spiro atoms. The van der Waals surface area contributed by atoms with Crippen molar-refractivity contribution in [3.05, 3.63) is 77.8 Å². The number of carbonyl (C=O) groups excluding carboxylic acids is 1. The van der Waals surface area contributed by atoms with Crippen LogP contribution >= 0.6 is 41.9 Å². The highest BCUT2D eigenvalue weighted by Gasteiger charge is 2.45. The first-order valence-corrected chi connectivity index (χ1v) is 15.9. The van der Waals surface area contributed by atoms with Crippen molar-refractivity contribution in [1.82, 2.24) is 24.6 Å². The van der Waals surface area contributed by atoms with E-state index in [1.54, 1.807) is 34.9 Å². The summed E-state index contributed by atoms with van der Waals surface area (Å²) in [6.45, 7) is 1.19. The van der Waals surface area contributed by atoms with Crippen LogP contribution in [-0.2, 0) is 30.0 Å². The van der Waals surface area contributed by atoms with Crippen LogP contribution in [0.4, 0.5) is 5.82 Å². The van der Waals surface area contributed by atoms with Gasteiger partial charge in [-0.15, -0.1) is 0 Å². The Labute approximate surface area is 259 Å². The summed E-state index contributed by atoms with van der Waals surface area (Å²) < 4.78 is 37.9. The van der Waals surface area contributed by atoms with Crippen molar-refractivity contribution >= 4 is 64.9 Å². The monoisotopic (exact) mass is 728 g/mol. The third-order valence-electron chi connectivity index (χ3n) is 6.30. The third-order valence-corrected chi connectivity index (χ3v) is 9.46. The Balaban J connectivity index is 1.29. The van der Waals surface area contributed by atoms with Crippen LogP contribution < -0.4 is 15.3 Å². The van der Waals surface area contributed by atoms with Gasteiger partial charge >= 0.3 is 13.7 Å². The Kier molecular flexibility index (Phi) is 9.62. The Bertz CT molecular complexity index is 1580. The van der Waals surface area contributed by atoms with E-state index in [4.69, 9.17) is 35.9 Å². The van der Waals surface area contributed by atoms with Gasteiger partial charge in [-0.3, -0.25) is 13.9 Å².